The number of ether oxygens (including phenoxy) is 5. The Morgan fingerprint density at radius 1 is 0.771 bits per heavy atom. The van der Waals surface area contributed by atoms with Gasteiger partial charge in [0, 0.05) is 22.3 Å². The fourth-order valence-electron chi connectivity index (χ4n) is 9.14. The van der Waals surface area contributed by atoms with Crippen molar-refractivity contribution in [2.24, 2.45) is 21.7 Å². The predicted octanol–water partition coefficient (Wildman–Crippen LogP) is 5.66. The Balaban J connectivity index is 1.38. The maximum Gasteiger partial charge on any atom is 0.351 e. The summed E-state index contributed by atoms with van der Waals surface area (Å²) in [4.78, 5) is 68.1. The fraction of sp³-hybridized carbons (Fsp3) is 0.649. The van der Waals surface area contributed by atoms with Crippen LogP contribution in [-0.2, 0) is 44.5 Å². The van der Waals surface area contributed by atoms with Crippen molar-refractivity contribution in [3.05, 3.63) is 39.7 Å². The van der Waals surface area contributed by atoms with E-state index in [2.05, 4.69) is 0 Å². The molecule has 2 saturated heterocycles. The van der Waals surface area contributed by atoms with Crippen LogP contribution in [0.1, 0.15) is 112 Å². The summed E-state index contributed by atoms with van der Waals surface area (Å²) in [7, 11) is 0. The van der Waals surface area contributed by atoms with E-state index in [1.54, 1.807) is 39.8 Å². The van der Waals surface area contributed by atoms with Crippen molar-refractivity contribution in [1.29, 1.82) is 0 Å². The van der Waals surface area contributed by atoms with Gasteiger partial charge >= 0.3 is 29.5 Å². The number of carbonyl (C=O) groups excluding carboxylic acids is 4. The lowest BCUT2D eigenvalue weighted by molar-refractivity contribution is -0.217. The monoisotopic (exact) mass is 664 g/mol. The molecule has 1 aromatic heterocycles. The summed E-state index contributed by atoms with van der Waals surface area (Å²) in [5, 5.41) is 0.625. The van der Waals surface area contributed by atoms with Gasteiger partial charge in [0.15, 0.2) is 12.2 Å². The zero-order valence-electron chi connectivity index (χ0n) is 29.1. The standard InChI is InChI=1S/C37H44O11/c1-10-11-19-18-22(38)43-24-20(19)12-13-21-23(24)25(44-29(41)36-16-14-34(8,27(39)47-36)32(36,4)5)26(31(2,3)46-21)45-30(42)37-17-15-35(9,28(40)48-37)33(37,6)7/h12-13,18,25-26H,10-11,14-17H2,1-9H3/t25-,26-,34-,35-,36-,37-/m1/s1. The van der Waals surface area contributed by atoms with Crippen LogP contribution in [0.15, 0.2) is 27.4 Å². The van der Waals surface area contributed by atoms with Crippen LogP contribution in [0, 0.1) is 21.7 Å². The van der Waals surface area contributed by atoms with E-state index in [9.17, 15) is 24.0 Å². The van der Waals surface area contributed by atoms with E-state index in [1.807, 2.05) is 34.6 Å². The first kappa shape index (κ1) is 32.6. The Bertz CT molecular complexity index is 1870. The van der Waals surface area contributed by atoms with E-state index in [0.29, 0.717) is 24.6 Å². The molecule has 5 aliphatic rings. The number of carbonyl (C=O) groups is 4. The number of benzene rings is 1. The van der Waals surface area contributed by atoms with Crippen LogP contribution < -0.4 is 10.4 Å². The van der Waals surface area contributed by atoms with Gasteiger partial charge in [0.1, 0.15) is 16.9 Å². The number of rotatable bonds is 6. The van der Waals surface area contributed by atoms with Crippen LogP contribution in [0.5, 0.6) is 5.75 Å². The molecule has 0 unspecified atom stereocenters. The second-order valence-electron chi connectivity index (χ2n) is 16.4. The lowest BCUT2D eigenvalue weighted by Gasteiger charge is -2.45. The smallest absolute Gasteiger partial charge is 0.351 e. The SMILES string of the molecule is CCCc1cc(=O)oc2c3c(ccc12)OC(C)(C)[C@H](OC(=O)[C@@]12CC[C@](C)(C(=O)O1)C2(C)C)[C@@H]3OC(=O)[C@@]12CC[C@](C)(C(=O)O1)C2(C)C. The van der Waals surface area contributed by atoms with Gasteiger partial charge in [0.25, 0.3) is 0 Å². The first-order chi connectivity index (χ1) is 22.2. The zero-order chi connectivity index (χ0) is 35.0. The molecule has 4 fully saturated rings. The molecule has 7 rings (SSSR count). The fourth-order valence-corrected chi connectivity index (χ4v) is 9.14. The number of aryl methyl sites for hydroxylation is 1. The summed E-state index contributed by atoms with van der Waals surface area (Å²) in [5.74, 6) is -2.22. The molecule has 4 heterocycles. The summed E-state index contributed by atoms with van der Waals surface area (Å²) in [6.07, 6.45) is 0.0817. The van der Waals surface area contributed by atoms with Crippen LogP contribution in [0.4, 0.5) is 0 Å². The summed E-state index contributed by atoms with van der Waals surface area (Å²) < 4.78 is 36.8. The van der Waals surface area contributed by atoms with E-state index < -0.39 is 80.2 Å². The molecule has 0 amide bonds. The van der Waals surface area contributed by atoms with Crippen molar-refractivity contribution in [3.8, 4) is 5.75 Å². The molecule has 0 radical (unpaired) electrons. The number of hydrogen-bond donors (Lipinski definition) is 0. The lowest BCUT2D eigenvalue weighted by atomic mass is 9.66. The van der Waals surface area contributed by atoms with Gasteiger partial charge in [-0.05, 0) is 77.5 Å². The van der Waals surface area contributed by atoms with Crippen molar-refractivity contribution in [2.45, 2.75) is 130 Å². The maximum atomic E-state index is 14.5. The van der Waals surface area contributed by atoms with Crippen molar-refractivity contribution in [2.75, 3.05) is 0 Å². The summed E-state index contributed by atoms with van der Waals surface area (Å²) >= 11 is 0. The molecule has 11 nitrogen and oxygen atoms in total. The van der Waals surface area contributed by atoms with Crippen molar-refractivity contribution in [3.63, 3.8) is 0 Å². The van der Waals surface area contributed by atoms with Gasteiger partial charge in [0.2, 0.25) is 11.2 Å². The van der Waals surface area contributed by atoms with E-state index in [4.69, 9.17) is 28.1 Å². The topological polar surface area (TPSA) is 145 Å². The van der Waals surface area contributed by atoms with Crippen LogP contribution in [0.25, 0.3) is 11.0 Å². The molecule has 4 bridgehead atoms. The van der Waals surface area contributed by atoms with Crippen LogP contribution in [-0.4, -0.2) is 46.8 Å². The Morgan fingerprint density at radius 2 is 1.31 bits per heavy atom. The maximum absolute atomic E-state index is 14.5. The summed E-state index contributed by atoms with van der Waals surface area (Å²) in [6, 6.07) is 4.96. The van der Waals surface area contributed by atoms with Gasteiger partial charge in [-0.15, -0.1) is 0 Å². The van der Waals surface area contributed by atoms with E-state index in [1.165, 1.54) is 6.07 Å². The highest BCUT2D eigenvalue weighted by atomic mass is 16.7. The minimum absolute atomic E-state index is 0.147. The molecule has 11 heteroatoms. The highest BCUT2D eigenvalue weighted by Crippen LogP contribution is 2.67. The molecule has 0 spiro atoms. The normalized spacial score (nSPS) is 36.3. The molecule has 0 N–H and O–H groups in total. The molecule has 6 atom stereocenters. The van der Waals surface area contributed by atoms with Gasteiger partial charge in [-0.1, -0.05) is 41.0 Å². The molecule has 2 aliphatic carbocycles. The lowest BCUT2D eigenvalue weighted by Crippen LogP contribution is -2.57. The van der Waals surface area contributed by atoms with E-state index in [0.717, 1.165) is 12.0 Å². The van der Waals surface area contributed by atoms with Crippen molar-refractivity contribution in [1.82, 2.24) is 0 Å². The quantitative estimate of drug-likeness (QED) is 0.214. The van der Waals surface area contributed by atoms with Gasteiger partial charge in [-0.3, -0.25) is 9.59 Å². The Hall–Kier alpha value is -3.89. The van der Waals surface area contributed by atoms with Crippen LogP contribution in [0.3, 0.4) is 0 Å². The molecule has 2 saturated carbocycles. The third-order valence-corrected chi connectivity index (χ3v) is 13.4. The average Bonchev–Trinajstić information content (AvgIpc) is 3.46. The second-order valence-corrected chi connectivity index (χ2v) is 16.4. The first-order valence-corrected chi connectivity index (χ1v) is 16.9. The third kappa shape index (κ3) is 3.68. The molecular formula is C37H44O11. The van der Waals surface area contributed by atoms with E-state index in [-0.39, 0.29) is 29.7 Å². The largest absolute Gasteiger partial charge is 0.483 e. The Labute approximate surface area is 278 Å². The Kier molecular flexibility index (Phi) is 6.55. The Morgan fingerprint density at radius 3 is 1.79 bits per heavy atom. The first-order valence-electron chi connectivity index (χ1n) is 16.9. The van der Waals surface area contributed by atoms with E-state index >= 15 is 0 Å². The van der Waals surface area contributed by atoms with Gasteiger partial charge in [-0.25, -0.2) is 14.4 Å². The van der Waals surface area contributed by atoms with Crippen molar-refractivity contribution >= 4 is 34.8 Å². The third-order valence-electron chi connectivity index (χ3n) is 13.4. The van der Waals surface area contributed by atoms with Gasteiger partial charge in [0.05, 0.1) is 16.4 Å². The molecule has 258 valence electrons. The molecular weight excluding hydrogens is 620 g/mol. The minimum atomic E-state index is -1.59. The zero-order valence-corrected chi connectivity index (χ0v) is 29.1. The predicted molar refractivity (Wildman–Crippen MR) is 170 cm³/mol. The second kappa shape index (κ2) is 9.63. The van der Waals surface area contributed by atoms with Crippen LogP contribution in [0.2, 0.25) is 0 Å². The molecule has 3 aliphatic heterocycles. The van der Waals surface area contributed by atoms with Crippen molar-refractivity contribution < 1.29 is 47.3 Å². The number of fused-ring (bicyclic) bond motifs is 7. The van der Waals surface area contributed by atoms with Gasteiger partial charge in [-0.2, -0.15) is 0 Å². The van der Waals surface area contributed by atoms with Crippen LogP contribution >= 0.6 is 0 Å². The van der Waals surface area contributed by atoms with Gasteiger partial charge < -0.3 is 28.1 Å². The highest BCUT2D eigenvalue weighted by molar-refractivity contribution is 5.95. The molecule has 1 aromatic carbocycles. The average molecular weight is 665 g/mol. The minimum Gasteiger partial charge on any atom is -0.483 e. The molecule has 48 heavy (non-hydrogen) atoms. The summed E-state index contributed by atoms with van der Waals surface area (Å²) in [6.45, 7) is 16.3. The number of esters is 4. The highest BCUT2D eigenvalue weighted by Gasteiger charge is 2.78. The molecule has 2 aromatic rings. The number of hydrogen-bond acceptors (Lipinski definition) is 11. The summed E-state index contributed by atoms with van der Waals surface area (Å²) in [5.41, 5.74) is -7.54.